The van der Waals surface area contributed by atoms with Gasteiger partial charge in [-0.15, -0.1) is 0 Å². The fourth-order valence-electron chi connectivity index (χ4n) is 3.07. The number of likely N-dealkylation sites (tertiary alicyclic amines) is 1. The second kappa shape index (κ2) is 11.3. The van der Waals surface area contributed by atoms with E-state index in [-0.39, 0.29) is 24.6 Å². The zero-order valence-electron chi connectivity index (χ0n) is 17.9. The van der Waals surface area contributed by atoms with E-state index >= 15 is 0 Å². The molecule has 1 heterocycles. The van der Waals surface area contributed by atoms with Gasteiger partial charge in [0.2, 0.25) is 5.91 Å². The summed E-state index contributed by atoms with van der Waals surface area (Å²) in [5.41, 5.74) is 2.30. The maximum Gasteiger partial charge on any atom is 0.409 e. The number of benzene rings is 1. The number of aryl methyl sites for hydroxylation is 1. The number of piperidine rings is 1. The van der Waals surface area contributed by atoms with E-state index in [1.165, 1.54) is 5.56 Å². The van der Waals surface area contributed by atoms with E-state index in [0.29, 0.717) is 32.2 Å². The Bertz CT molecular complexity index is 712. The molecule has 0 atom stereocenters. The molecule has 2 N–H and O–H groups in total. The molecule has 1 fully saturated rings. The van der Waals surface area contributed by atoms with E-state index in [1.54, 1.807) is 23.9 Å². The summed E-state index contributed by atoms with van der Waals surface area (Å²) in [5, 5.41) is 6.55. The molecular formula is C21H33N5O3. The van der Waals surface area contributed by atoms with Gasteiger partial charge in [0, 0.05) is 33.2 Å². The molecule has 0 aliphatic carbocycles. The van der Waals surface area contributed by atoms with Crippen molar-refractivity contribution in [3.63, 3.8) is 0 Å². The predicted octanol–water partition coefficient (Wildman–Crippen LogP) is 1.74. The van der Waals surface area contributed by atoms with Crippen LogP contribution in [0.1, 0.15) is 30.9 Å². The Morgan fingerprint density at radius 1 is 1.28 bits per heavy atom. The van der Waals surface area contributed by atoms with Crippen LogP contribution in [-0.2, 0) is 16.1 Å². The Morgan fingerprint density at radius 3 is 2.62 bits per heavy atom. The van der Waals surface area contributed by atoms with Crippen molar-refractivity contribution in [1.82, 2.24) is 20.4 Å². The number of rotatable bonds is 6. The minimum atomic E-state index is -0.256. The molecule has 1 saturated heterocycles. The average molecular weight is 404 g/mol. The van der Waals surface area contributed by atoms with E-state index in [1.807, 2.05) is 19.1 Å². The molecule has 0 radical (unpaired) electrons. The van der Waals surface area contributed by atoms with Gasteiger partial charge in [0.15, 0.2) is 5.96 Å². The van der Waals surface area contributed by atoms with Gasteiger partial charge in [-0.25, -0.2) is 9.79 Å². The number of amides is 2. The van der Waals surface area contributed by atoms with Crippen LogP contribution in [0.15, 0.2) is 29.3 Å². The van der Waals surface area contributed by atoms with E-state index in [0.717, 1.165) is 18.4 Å². The van der Waals surface area contributed by atoms with Crippen molar-refractivity contribution < 1.29 is 14.3 Å². The lowest BCUT2D eigenvalue weighted by atomic mass is 10.1. The normalized spacial score (nSPS) is 15.0. The molecule has 0 aromatic heterocycles. The predicted molar refractivity (Wildman–Crippen MR) is 114 cm³/mol. The molecule has 0 bridgehead atoms. The van der Waals surface area contributed by atoms with Crippen LogP contribution >= 0.6 is 0 Å². The summed E-state index contributed by atoms with van der Waals surface area (Å²) in [7, 11) is 3.46. The number of guanidine groups is 1. The Labute approximate surface area is 173 Å². The van der Waals surface area contributed by atoms with Crippen LogP contribution in [0.4, 0.5) is 4.79 Å². The summed E-state index contributed by atoms with van der Waals surface area (Å²) in [5.74, 6) is 0.587. The largest absolute Gasteiger partial charge is 0.450 e. The van der Waals surface area contributed by atoms with Crippen molar-refractivity contribution in [1.29, 1.82) is 0 Å². The van der Waals surface area contributed by atoms with Gasteiger partial charge in [-0.3, -0.25) is 4.79 Å². The minimum absolute atomic E-state index is 0.0211. The second-order valence-corrected chi connectivity index (χ2v) is 7.40. The molecule has 1 aromatic rings. The maximum absolute atomic E-state index is 12.0. The molecule has 0 saturated carbocycles. The van der Waals surface area contributed by atoms with Crippen LogP contribution in [0.2, 0.25) is 0 Å². The zero-order chi connectivity index (χ0) is 21.2. The third-order valence-corrected chi connectivity index (χ3v) is 4.77. The molecule has 1 aliphatic heterocycles. The van der Waals surface area contributed by atoms with Gasteiger partial charge in [0.25, 0.3) is 0 Å². The van der Waals surface area contributed by atoms with Gasteiger partial charge >= 0.3 is 6.09 Å². The van der Waals surface area contributed by atoms with Crippen LogP contribution in [-0.4, -0.2) is 74.1 Å². The lowest BCUT2D eigenvalue weighted by Crippen LogP contribution is -2.51. The highest BCUT2D eigenvalue weighted by Gasteiger charge is 2.24. The number of carbonyl (C=O) groups excluding carboxylic acids is 2. The first-order valence-electron chi connectivity index (χ1n) is 10.1. The van der Waals surface area contributed by atoms with Crippen LogP contribution in [0.3, 0.4) is 0 Å². The van der Waals surface area contributed by atoms with E-state index in [2.05, 4.69) is 34.7 Å². The number of nitrogens with one attached hydrogen (secondary N) is 2. The lowest BCUT2D eigenvalue weighted by Gasteiger charge is -2.32. The molecule has 0 unspecified atom stereocenters. The monoisotopic (exact) mass is 403 g/mol. The quantitative estimate of drug-likeness (QED) is 0.558. The molecule has 29 heavy (non-hydrogen) atoms. The molecule has 2 amide bonds. The van der Waals surface area contributed by atoms with E-state index in [9.17, 15) is 9.59 Å². The summed E-state index contributed by atoms with van der Waals surface area (Å²) in [6.07, 6.45) is 1.34. The fourth-order valence-corrected chi connectivity index (χ4v) is 3.07. The first kappa shape index (κ1) is 22.5. The van der Waals surface area contributed by atoms with Crippen LogP contribution in [0.5, 0.6) is 0 Å². The van der Waals surface area contributed by atoms with Crippen molar-refractivity contribution >= 4 is 18.0 Å². The lowest BCUT2D eigenvalue weighted by molar-refractivity contribution is -0.127. The molecule has 1 aromatic carbocycles. The maximum atomic E-state index is 12.0. The summed E-state index contributed by atoms with van der Waals surface area (Å²) in [6, 6.07) is 8.39. The Balaban J connectivity index is 1.96. The third-order valence-electron chi connectivity index (χ3n) is 4.77. The van der Waals surface area contributed by atoms with Gasteiger partial charge in [0.05, 0.1) is 19.7 Å². The first-order valence-corrected chi connectivity index (χ1v) is 10.1. The standard InChI is InChI=1S/C21H33N5O3/c1-5-29-21(28)26-11-9-18(10-12-26)24-20(23-15-19(27)25(3)4)22-14-17-8-6-7-16(2)13-17/h6-8,13,18H,5,9-12,14-15H2,1-4H3,(H2,22,23,24). The molecular weight excluding hydrogens is 370 g/mol. The Hall–Kier alpha value is -2.77. The molecule has 160 valence electrons. The molecule has 8 nitrogen and oxygen atoms in total. The molecule has 2 rings (SSSR count). The number of hydrogen-bond donors (Lipinski definition) is 2. The summed E-state index contributed by atoms with van der Waals surface area (Å²) in [6.45, 7) is 6.22. The highest BCUT2D eigenvalue weighted by molar-refractivity contribution is 5.86. The second-order valence-electron chi connectivity index (χ2n) is 7.40. The average Bonchev–Trinajstić information content (AvgIpc) is 2.70. The van der Waals surface area contributed by atoms with Crippen molar-refractivity contribution in [2.75, 3.05) is 40.3 Å². The topological polar surface area (TPSA) is 86.3 Å². The van der Waals surface area contributed by atoms with Gasteiger partial charge in [-0.1, -0.05) is 29.8 Å². The van der Waals surface area contributed by atoms with Crippen molar-refractivity contribution in [2.24, 2.45) is 4.99 Å². The highest BCUT2D eigenvalue weighted by atomic mass is 16.6. The number of carbonyl (C=O) groups is 2. The fraction of sp³-hybridized carbons (Fsp3) is 0.571. The van der Waals surface area contributed by atoms with E-state index < -0.39 is 0 Å². The Morgan fingerprint density at radius 2 is 2.00 bits per heavy atom. The number of nitrogens with zero attached hydrogens (tertiary/aromatic N) is 3. The van der Waals surface area contributed by atoms with Gasteiger partial charge in [-0.05, 0) is 32.3 Å². The number of ether oxygens (including phenoxy) is 1. The van der Waals surface area contributed by atoms with Gasteiger partial charge in [0.1, 0.15) is 0 Å². The van der Waals surface area contributed by atoms with Crippen LogP contribution in [0.25, 0.3) is 0 Å². The Kier molecular flexibility index (Phi) is 8.76. The summed E-state index contributed by atoms with van der Waals surface area (Å²) in [4.78, 5) is 31.8. The van der Waals surface area contributed by atoms with Crippen LogP contribution in [0, 0.1) is 6.92 Å². The molecule has 8 heteroatoms. The van der Waals surface area contributed by atoms with Crippen molar-refractivity contribution in [3.8, 4) is 0 Å². The number of likely N-dealkylation sites (N-methyl/N-ethyl adjacent to an activating group) is 1. The van der Waals surface area contributed by atoms with Gasteiger partial charge < -0.3 is 25.2 Å². The highest BCUT2D eigenvalue weighted by Crippen LogP contribution is 2.12. The van der Waals surface area contributed by atoms with Crippen LogP contribution < -0.4 is 10.6 Å². The minimum Gasteiger partial charge on any atom is -0.450 e. The van der Waals surface area contributed by atoms with E-state index in [4.69, 9.17) is 4.74 Å². The van der Waals surface area contributed by atoms with Gasteiger partial charge in [-0.2, -0.15) is 0 Å². The smallest absolute Gasteiger partial charge is 0.409 e. The first-order chi connectivity index (χ1) is 13.9. The number of hydrogen-bond acceptors (Lipinski definition) is 4. The zero-order valence-corrected chi connectivity index (χ0v) is 17.9. The van der Waals surface area contributed by atoms with Crippen molar-refractivity contribution in [3.05, 3.63) is 35.4 Å². The SMILES string of the molecule is CCOC(=O)N1CCC(NC(=NCc2cccc(C)c2)NCC(=O)N(C)C)CC1. The third kappa shape index (κ3) is 7.63. The molecule has 1 aliphatic rings. The molecule has 0 spiro atoms. The number of aliphatic imine (C=N–C) groups is 1. The van der Waals surface area contributed by atoms with Crippen molar-refractivity contribution in [2.45, 2.75) is 39.3 Å². The summed E-state index contributed by atoms with van der Waals surface area (Å²) < 4.78 is 5.07. The summed E-state index contributed by atoms with van der Waals surface area (Å²) >= 11 is 0.